The summed E-state index contributed by atoms with van der Waals surface area (Å²) in [5.41, 5.74) is 3.13. The van der Waals surface area contributed by atoms with Crippen molar-refractivity contribution in [2.45, 2.75) is 40.7 Å². The first-order valence-electron chi connectivity index (χ1n) is 8.32. The lowest BCUT2D eigenvalue weighted by Gasteiger charge is -2.15. The van der Waals surface area contributed by atoms with Crippen LogP contribution in [0.25, 0.3) is 21.7 Å². The zero-order valence-electron chi connectivity index (χ0n) is 14.8. The Morgan fingerprint density at radius 2 is 1.83 bits per heavy atom. The second-order valence-corrected chi connectivity index (χ2v) is 6.39. The first kappa shape index (κ1) is 16.4. The van der Waals surface area contributed by atoms with Gasteiger partial charge in [-0.2, -0.15) is 0 Å². The van der Waals surface area contributed by atoms with Gasteiger partial charge in [0.25, 0.3) is 0 Å². The molecule has 3 aromatic rings. The second-order valence-electron chi connectivity index (χ2n) is 6.39. The minimum absolute atomic E-state index is 0.183. The van der Waals surface area contributed by atoms with Crippen LogP contribution >= 0.6 is 0 Å². The second kappa shape index (κ2) is 5.86. The molecule has 0 aliphatic heterocycles. The predicted octanol–water partition coefficient (Wildman–Crippen LogP) is 4.87. The molecular weight excluding hydrogens is 302 g/mol. The van der Waals surface area contributed by atoms with E-state index in [1.807, 2.05) is 38.1 Å². The fourth-order valence-corrected chi connectivity index (χ4v) is 3.65. The van der Waals surface area contributed by atoms with Gasteiger partial charge in [-0.25, -0.2) is 4.79 Å². The molecule has 2 aromatic carbocycles. The fraction of sp³-hybridized carbons (Fsp3) is 0.350. The van der Waals surface area contributed by atoms with Crippen LogP contribution in [0.1, 0.15) is 48.4 Å². The molecule has 0 saturated heterocycles. The highest BCUT2D eigenvalue weighted by Gasteiger charge is 2.26. The number of ether oxygens (including phenoxy) is 1. The Hall–Kier alpha value is -2.49. The number of aromatic hydroxyl groups is 1. The number of rotatable bonds is 3. The summed E-state index contributed by atoms with van der Waals surface area (Å²) in [6.07, 6.45) is 0. The topological polar surface area (TPSA) is 51.5 Å². The lowest BCUT2D eigenvalue weighted by molar-refractivity contribution is 0.0527. The Morgan fingerprint density at radius 1 is 1.21 bits per heavy atom. The lowest BCUT2D eigenvalue weighted by atomic mass is 9.98. The number of aromatic nitrogens is 1. The van der Waals surface area contributed by atoms with E-state index in [0.29, 0.717) is 17.7 Å². The van der Waals surface area contributed by atoms with E-state index in [1.54, 1.807) is 6.92 Å². The Balaban J connectivity index is 2.60. The van der Waals surface area contributed by atoms with Gasteiger partial charge in [0, 0.05) is 33.5 Å². The van der Waals surface area contributed by atoms with Gasteiger partial charge in [-0.05, 0) is 34.6 Å². The smallest absolute Gasteiger partial charge is 0.340 e. The van der Waals surface area contributed by atoms with E-state index in [-0.39, 0.29) is 17.8 Å². The molecule has 0 unspecified atom stereocenters. The van der Waals surface area contributed by atoms with Crippen LogP contribution < -0.4 is 0 Å². The third kappa shape index (κ3) is 2.17. The summed E-state index contributed by atoms with van der Waals surface area (Å²) in [6, 6.07) is 7.95. The van der Waals surface area contributed by atoms with Gasteiger partial charge in [-0.15, -0.1) is 0 Å². The van der Waals surface area contributed by atoms with Gasteiger partial charge in [0.15, 0.2) is 0 Å². The summed E-state index contributed by atoms with van der Waals surface area (Å²) in [5.74, 6) is -0.110. The largest absolute Gasteiger partial charge is 0.507 e. The van der Waals surface area contributed by atoms with Crippen LogP contribution in [0, 0.1) is 13.8 Å². The molecule has 4 nitrogen and oxygen atoms in total. The zero-order chi connectivity index (χ0) is 17.6. The number of aryl methyl sites for hydroxylation is 1. The number of hydrogen-bond acceptors (Lipinski definition) is 3. The van der Waals surface area contributed by atoms with Gasteiger partial charge in [0.1, 0.15) is 5.75 Å². The van der Waals surface area contributed by atoms with E-state index in [0.717, 1.165) is 27.4 Å². The van der Waals surface area contributed by atoms with Crippen molar-refractivity contribution in [2.24, 2.45) is 0 Å². The molecule has 0 fully saturated rings. The van der Waals surface area contributed by atoms with E-state index in [9.17, 15) is 9.90 Å². The highest BCUT2D eigenvalue weighted by Crippen LogP contribution is 2.42. The maximum atomic E-state index is 12.6. The van der Waals surface area contributed by atoms with Crippen LogP contribution in [0.3, 0.4) is 0 Å². The molecule has 0 radical (unpaired) electrons. The summed E-state index contributed by atoms with van der Waals surface area (Å²) in [6.45, 7) is 10.1. The lowest BCUT2D eigenvalue weighted by Crippen LogP contribution is -2.08. The molecule has 1 N–H and O–H groups in total. The fourth-order valence-electron chi connectivity index (χ4n) is 3.65. The molecule has 24 heavy (non-hydrogen) atoms. The first-order chi connectivity index (χ1) is 11.4. The van der Waals surface area contributed by atoms with Crippen molar-refractivity contribution in [1.29, 1.82) is 0 Å². The maximum absolute atomic E-state index is 12.6. The highest BCUT2D eigenvalue weighted by atomic mass is 16.5. The monoisotopic (exact) mass is 325 g/mol. The molecule has 0 saturated carbocycles. The zero-order valence-corrected chi connectivity index (χ0v) is 14.8. The van der Waals surface area contributed by atoms with Gasteiger partial charge in [-0.1, -0.05) is 24.3 Å². The van der Waals surface area contributed by atoms with Crippen molar-refractivity contribution in [1.82, 2.24) is 4.57 Å². The highest BCUT2D eigenvalue weighted by molar-refractivity contribution is 6.18. The van der Waals surface area contributed by atoms with Gasteiger partial charge < -0.3 is 14.4 Å². The minimum Gasteiger partial charge on any atom is -0.507 e. The Labute approximate surface area is 141 Å². The van der Waals surface area contributed by atoms with Gasteiger partial charge in [0.2, 0.25) is 0 Å². The number of carbonyl (C=O) groups excluding carboxylic acids is 1. The van der Waals surface area contributed by atoms with Crippen molar-refractivity contribution in [3.63, 3.8) is 0 Å². The van der Waals surface area contributed by atoms with Crippen LogP contribution in [0.5, 0.6) is 5.75 Å². The molecular formula is C20H23NO3. The molecule has 1 aromatic heterocycles. The van der Waals surface area contributed by atoms with E-state index in [1.165, 1.54) is 0 Å². The molecule has 4 heteroatoms. The third-order valence-corrected chi connectivity index (χ3v) is 4.61. The first-order valence-corrected chi connectivity index (χ1v) is 8.32. The number of nitrogens with zero attached hydrogens (tertiary/aromatic N) is 1. The van der Waals surface area contributed by atoms with Crippen LogP contribution in [0.2, 0.25) is 0 Å². The van der Waals surface area contributed by atoms with Gasteiger partial charge in [0.05, 0.1) is 17.7 Å². The maximum Gasteiger partial charge on any atom is 0.340 e. The molecule has 1 heterocycles. The van der Waals surface area contributed by atoms with Crippen LogP contribution in [0.4, 0.5) is 0 Å². The van der Waals surface area contributed by atoms with E-state index < -0.39 is 0 Å². The van der Waals surface area contributed by atoms with Crippen molar-refractivity contribution in [3.05, 3.63) is 41.1 Å². The molecule has 0 atom stereocenters. The molecule has 0 aliphatic carbocycles. The van der Waals surface area contributed by atoms with E-state index in [4.69, 9.17) is 4.74 Å². The predicted molar refractivity (Wildman–Crippen MR) is 96.9 cm³/mol. The number of phenols is 1. The number of carbonyl (C=O) groups is 1. The van der Waals surface area contributed by atoms with Crippen molar-refractivity contribution < 1.29 is 14.6 Å². The average Bonchev–Trinajstić information content (AvgIpc) is 2.86. The number of hydrogen-bond donors (Lipinski definition) is 1. The number of benzene rings is 2. The average molecular weight is 325 g/mol. The Morgan fingerprint density at radius 3 is 2.42 bits per heavy atom. The van der Waals surface area contributed by atoms with Crippen molar-refractivity contribution in [3.8, 4) is 5.75 Å². The van der Waals surface area contributed by atoms with Gasteiger partial charge >= 0.3 is 5.97 Å². The minimum atomic E-state index is -0.336. The summed E-state index contributed by atoms with van der Waals surface area (Å²) in [7, 11) is 0. The molecule has 0 aliphatic rings. The number of fused-ring (bicyclic) bond motifs is 3. The summed E-state index contributed by atoms with van der Waals surface area (Å²) in [5, 5.41) is 13.2. The quantitative estimate of drug-likeness (QED) is 0.699. The van der Waals surface area contributed by atoms with Crippen LogP contribution in [0.15, 0.2) is 24.3 Å². The van der Waals surface area contributed by atoms with Crippen molar-refractivity contribution >= 4 is 27.6 Å². The van der Waals surface area contributed by atoms with E-state index in [2.05, 4.69) is 18.4 Å². The summed E-state index contributed by atoms with van der Waals surface area (Å²) >= 11 is 0. The molecule has 126 valence electrons. The van der Waals surface area contributed by atoms with E-state index >= 15 is 0 Å². The van der Waals surface area contributed by atoms with Gasteiger partial charge in [-0.3, -0.25) is 0 Å². The summed E-state index contributed by atoms with van der Waals surface area (Å²) in [4.78, 5) is 12.6. The Kier molecular flexibility index (Phi) is 3.99. The standard InChI is InChI=1S/C20H23NO3/c1-6-24-20(23)17-13(5)21(11(2)3)18-14-9-7-8-10-15(14)19(22)12(4)16(17)18/h7-11,22H,6H2,1-5H3. The van der Waals surface area contributed by atoms with Crippen molar-refractivity contribution in [2.75, 3.05) is 6.61 Å². The normalized spacial score (nSPS) is 11.6. The molecule has 0 bridgehead atoms. The SMILES string of the molecule is CCOC(=O)c1c(C)n(C(C)C)c2c1c(C)c(O)c1ccccc12. The number of esters is 1. The molecule has 0 amide bonds. The van der Waals surface area contributed by atoms with Crippen LogP contribution in [-0.4, -0.2) is 22.2 Å². The Bertz CT molecular complexity index is 951. The summed E-state index contributed by atoms with van der Waals surface area (Å²) < 4.78 is 7.45. The van der Waals surface area contributed by atoms with Crippen LogP contribution in [-0.2, 0) is 4.74 Å². The molecule has 3 rings (SSSR count). The molecule has 0 spiro atoms. The number of phenolic OH excluding ortho intramolecular Hbond substituents is 1. The third-order valence-electron chi connectivity index (χ3n) is 4.61.